The molecule has 1 saturated heterocycles. The molecule has 1 heterocycles. The fourth-order valence-corrected chi connectivity index (χ4v) is 2.53. The third kappa shape index (κ3) is 4.81. The lowest BCUT2D eigenvalue weighted by molar-refractivity contribution is 0.142. The minimum atomic E-state index is 0.673. The highest BCUT2D eigenvalue weighted by Gasteiger charge is 2.23. The van der Waals surface area contributed by atoms with E-state index in [9.17, 15) is 0 Å². The molecule has 0 saturated carbocycles. The molecule has 0 aliphatic carbocycles. The van der Waals surface area contributed by atoms with Gasteiger partial charge >= 0.3 is 0 Å². The standard InChI is InChI=1S/C13H29N3/c1-5-14-12(2)13-7-6-8-16(11-13)10-9-15(3)4/h12-14H,5-11H2,1-4H3. The lowest BCUT2D eigenvalue weighted by Gasteiger charge is -2.36. The predicted octanol–water partition coefficient (Wildman–Crippen LogP) is 1.26. The van der Waals surface area contributed by atoms with E-state index in [1.54, 1.807) is 0 Å². The first-order valence-electron chi connectivity index (χ1n) is 6.74. The molecule has 0 aromatic carbocycles. The maximum atomic E-state index is 3.56. The Kier molecular flexibility index (Phi) is 6.32. The Bertz CT molecular complexity index is 182. The van der Waals surface area contributed by atoms with Crippen LogP contribution in [-0.2, 0) is 0 Å². The first-order valence-corrected chi connectivity index (χ1v) is 6.74. The number of hydrogen-bond acceptors (Lipinski definition) is 3. The van der Waals surface area contributed by atoms with Gasteiger partial charge in [-0.15, -0.1) is 0 Å². The first kappa shape index (κ1) is 13.9. The summed E-state index contributed by atoms with van der Waals surface area (Å²) in [6, 6.07) is 0.673. The number of nitrogens with one attached hydrogen (secondary N) is 1. The number of likely N-dealkylation sites (tertiary alicyclic amines) is 1. The molecule has 1 aliphatic rings. The molecule has 0 radical (unpaired) electrons. The van der Waals surface area contributed by atoms with E-state index in [-0.39, 0.29) is 0 Å². The van der Waals surface area contributed by atoms with Crippen LogP contribution in [0.2, 0.25) is 0 Å². The second-order valence-corrected chi connectivity index (χ2v) is 5.35. The van der Waals surface area contributed by atoms with E-state index in [1.165, 1.54) is 39.0 Å². The molecular formula is C13H29N3. The molecule has 0 spiro atoms. The molecule has 2 unspecified atom stereocenters. The van der Waals surface area contributed by atoms with E-state index in [0.29, 0.717) is 6.04 Å². The summed E-state index contributed by atoms with van der Waals surface area (Å²) in [5, 5.41) is 3.56. The van der Waals surface area contributed by atoms with Crippen LogP contribution in [0.15, 0.2) is 0 Å². The Labute approximate surface area is 101 Å². The molecule has 2 atom stereocenters. The fraction of sp³-hybridized carbons (Fsp3) is 1.00. The molecule has 96 valence electrons. The SMILES string of the molecule is CCNC(C)C1CCCN(CCN(C)C)C1. The highest BCUT2D eigenvalue weighted by molar-refractivity contribution is 4.80. The van der Waals surface area contributed by atoms with Crippen LogP contribution in [0.4, 0.5) is 0 Å². The van der Waals surface area contributed by atoms with Crippen molar-refractivity contribution in [3.63, 3.8) is 0 Å². The highest BCUT2D eigenvalue weighted by Crippen LogP contribution is 2.19. The topological polar surface area (TPSA) is 18.5 Å². The molecule has 0 aromatic heterocycles. The third-order valence-corrected chi connectivity index (χ3v) is 3.64. The van der Waals surface area contributed by atoms with Gasteiger partial charge in [0.05, 0.1) is 0 Å². The molecule has 1 rings (SSSR count). The van der Waals surface area contributed by atoms with Gasteiger partial charge in [0.2, 0.25) is 0 Å². The van der Waals surface area contributed by atoms with Crippen LogP contribution in [0, 0.1) is 5.92 Å². The van der Waals surface area contributed by atoms with Gasteiger partial charge in [-0.1, -0.05) is 6.92 Å². The second-order valence-electron chi connectivity index (χ2n) is 5.35. The zero-order chi connectivity index (χ0) is 12.0. The van der Waals surface area contributed by atoms with Crippen molar-refractivity contribution in [1.82, 2.24) is 15.1 Å². The molecule has 3 nitrogen and oxygen atoms in total. The van der Waals surface area contributed by atoms with Crippen LogP contribution in [0.25, 0.3) is 0 Å². The normalized spacial score (nSPS) is 24.9. The van der Waals surface area contributed by atoms with Gasteiger partial charge in [0.25, 0.3) is 0 Å². The van der Waals surface area contributed by atoms with Crippen LogP contribution >= 0.6 is 0 Å². The maximum absolute atomic E-state index is 3.56. The number of piperidine rings is 1. The molecule has 3 heteroatoms. The third-order valence-electron chi connectivity index (χ3n) is 3.64. The van der Waals surface area contributed by atoms with Crippen LogP contribution in [0.1, 0.15) is 26.7 Å². The summed E-state index contributed by atoms with van der Waals surface area (Å²) < 4.78 is 0. The average molecular weight is 227 g/mol. The van der Waals surface area contributed by atoms with E-state index >= 15 is 0 Å². The first-order chi connectivity index (χ1) is 7.63. The molecule has 0 aromatic rings. The Morgan fingerprint density at radius 1 is 1.44 bits per heavy atom. The van der Waals surface area contributed by atoms with Crippen LogP contribution in [0.3, 0.4) is 0 Å². The monoisotopic (exact) mass is 227 g/mol. The number of nitrogens with zero attached hydrogens (tertiary/aromatic N) is 2. The minimum Gasteiger partial charge on any atom is -0.314 e. The van der Waals surface area contributed by atoms with E-state index < -0.39 is 0 Å². The van der Waals surface area contributed by atoms with Crippen molar-refractivity contribution in [2.45, 2.75) is 32.7 Å². The maximum Gasteiger partial charge on any atom is 0.0109 e. The minimum absolute atomic E-state index is 0.673. The average Bonchev–Trinajstić information content (AvgIpc) is 2.27. The van der Waals surface area contributed by atoms with E-state index in [1.807, 2.05) is 0 Å². The smallest absolute Gasteiger partial charge is 0.0109 e. The van der Waals surface area contributed by atoms with Crippen molar-refractivity contribution in [3.8, 4) is 0 Å². The number of rotatable bonds is 6. The van der Waals surface area contributed by atoms with Crippen molar-refractivity contribution in [2.75, 3.05) is 46.8 Å². The summed E-state index contributed by atoms with van der Waals surface area (Å²) in [5.41, 5.74) is 0. The van der Waals surface area contributed by atoms with Crippen LogP contribution in [0.5, 0.6) is 0 Å². The van der Waals surface area contributed by atoms with Crippen molar-refractivity contribution in [1.29, 1.82) is 0 Å². The van der Waals surface area contributed by atoms with Gasteiger partial charge < -0.3 is 15.1 Å². The molecule has 1 fully saturated rings. The van der Waals surface area contributed by atoms with E-state index in [4.69, 9.17) is 0 Å². The summed E-state index contributed by atoms with van der Waals surface area (Å²) in [5.74, 6) is 0.843. The summed E-state index contributed by atoms with van der Waals surface area (Å²) in [6.45, 7) is 10.6. The van der Waals surface area contributed by atoms with Crippen LogP contribution in [-0.4, -0.2) is 62.7 Å². The summed E-state index contributed by atoms with van der Waals surface area (Å²) in [4.78, 5) is 4.90. The van der Waals surface area contributed by atoms with Gasteiger partial charge in [-0.05, 0) is 52.9 Å². The Hall–Kier alpha value is -0.120. The number of hydrogen-bond donors (Lipinski definition) is 1. The van der Waals surface area contributed by atoms with Gasteiger partial charge in [-0.25, -0.2) is 0 Å². The summed E-state index contributed by atoms with van der Waals surface area (Å²) in [6.07, 6.45) is 2.76. The van der Waals surface area contributed by atoms with Gasteiger partial charge in [-0.3, -0.25) is 0 Å². The van der Waals surface area contributed by atoms with Crippen LogP contribution < -0.4 is 5.32 Å². The molecule has 0 bridgehead atoms. The lowest BCUT2D eigenvalue weighted by Crippen LogP contribution is -2.46. The largest absolute Gasteiger partial charge is 0.314 e. The van der Waals surface area contributed by atoms with Crippen molar-refractivity contribution in [3.05, 3.63) is 0 Å². The fourth-order valence-electron chi connectivity index (χ4n) is 2.53. The molecule has 16 heavy (non-hydrogen) atoms. The predicted molar refractivity (Wildman–Crippen MR) is 70.9 cm³/mol. The van der Waals surface area contributed by atoms with Crippen molar-refractivity contribution < 1.29 is 0 Å². The zero-order valence-corrected chi connectivity index (χ0v) is 11.5. The van der Waals surface area contributed by atoms with Crippen molar-refractivity contribution in [2.24, 2.45) is 5.92 Å². The highest BCUT2D eigenvalue weighted by atomic mass is 15.2. The van der Waals surface area contributed by atoms with Gasteiger partial charge in [-0.2, -0.15) is 0 Å². The summed E-state index contributed by atoms with van der Waals surface area (Å²) in [7, 11) is 4.31. The second kappa shape index (κ2) is 7.25. The van der Waals surface area contributed by atoms with Crippen molar-refractivity contribution >= 4 is 0 Å². The number of likely N-dealkylation sites (N-methyl/N-ethyl adjacent to an activating group) is 1. The zero-order valence-electron chi connectivity index (χ0n) is 11.5. The molecule has 1 N–H and O–H groups in total. The Morgan fingerprint density at radius 3 is 2.81 bits per heavy atom. The Morgan fingerprint density at radius 2 is 2.19 bits per heavy atom. The lowest BCUT2D eigenvalue weighted by atomic mass is 9.91. The molecular weight excluding hydrogens is 198 g/mol. The molecule has 0 amide bonds. The quantitative estimate of drug-likeness (QED) is 0.737. The Balaban J connectivity index is 2.29. The van der Waals surface area contributed by atoms with E-state index in [2.05, 4.69) is 43.1 Å². The summed E-state index contributed by atoms with van der Waals surface area (Å²) >= 11 is 0. The van der Waals surface area contributed by atoms with Gasteiger partial charge in [0.1, 0.15) is 0 Å². The van der Waals surface area contributed by atoms with Gasteiger partial charge in [0.15, 0.2) is 0 Å². The molecule has 1 aliphatic heterocycles. The van der Waals surface area contributed by atoms with E-state index in [0.717, 1.165) is 12.5 Å². The van der Waals surface area contributed by atoms with Gasteiger partial charge in [0, 0.05) is 25.7 Å².